The number of benzene rings is 2. The molecule has 1 fully saturated rings. The number of hydrogen-bond donors (Lipinski definition) is 2. The van der Waals surface area contributed by atoms with Crippen molar-refractivity contribution >= 4 is 11.7 Å². The molecule has 1 atom stereocenters. The Labute approximate surface area is 128 Å². The summed E-state index contributed by atoms with van der Waals surface area (Å²) in [5, 5.41) is 13.5. The number of halogens is 1. The van der Waals surface area contributed by atoms with E-state index < -0.39 is 5.60 Å². The second-order valence-corrected chi connectivity index (χ2v) is 5.51. The van der Waals surface area contributed by atoms with Gasteiger partial charge in [0, 0.05) is 12.2 Å². The van der Waals surface area contributed by atoms with Crippen molar-refractivity contribution in [1.82, 2.24) is 4.90 Å². The molecular formula is C17H17FN2O2. The molecular weight excluding hydrogens is 283 g/mol. The van der Waals surface area contributed by atoms with Gasteiger partial charge in [0.15, 0.2) is 0 Å². The van der Waals surface area contributed by atoms with E-state index >= 15 is 0 Å². The van der Waals surface area contributed by atoms with Crippen LogP contribution >= 0.6 is 0 Å². The summed E-state index contributed by atoms with van der Waals surface area (Å²) in [7, 11) is 0. The maximum atomic E-state index is 13.0. The molecule has 22 heavy (non-hydrogen) atoms. The summed E-state index contributed by atoms with van der Waals surface area (Å²) < 4.78 is 13.0. The maximum Gasteiger partial charge on any atom is 0.321 e. The Hall–Kier alpha value is -2.40. The number of hydrogen-bond acceptors (Lipinski definition) is 2. The number of aliphatic hydroxyl groups is 1. The Morgan fingerprint density at radius 2 is 1.82 bits per heavy atom. The van der Waals surface area contributed by atoms with Gasteiger partial charge in [0.1, 0.15) is 11.4 Å². The number of urea groups is 1. The molecule has 2 amide bonds. The van der Waals surface area contributed by atoms with E-state index in [1.807, 2.05) is 18.2 Å². The summed E-state index contributed by atoms with van der Waals surface area (Å²) in [6.07, 6.45) is 0.431. The van der Waals surface area contributed by atoms with Crippen LogP contribution in [0.1, 0.15) is 12.0 Å². The topological polar surface area (TPSA) is 52.6 Å². The molecule has 1 saturated heterocycles. The van der Waals surface area contributed by atoms with Crippen molar-refractivity contribution < 1.29 is 14.3 Å². The predicted octanol–water partition coefficient (Wildman–Crippen LogP) is 2.95. The van der Waals surface area contributed by atoms with Gasteiger partial charge in [0.2, 0.25) is 0 Å². The highest BCUT2D eigenvalue weighted by atomic mass is 19.1. The Bertz CT molecular complexity index is 660. The van der Waals surface area contributed by atoms with E-state index in [0.29, 0.717) is 24.2 Å². The number of carbonyl (C=O) groups excluding carboxylic acids is 1. The Kier molecular flexibility index (Phi) is 3.81. The molecule has 1 aliphatic rings. The number of likely N-dealkylation sites (tertiary alicyclic amines) is 1. The van der Waals surface area contributed by atoms with E-state index in [9.17, 15) is 14.3 Å². The van der Waals surface area contributed by atoms with Gasteiger partial charge in [-0.25, -0.2) is 9.18 Å². The van der Waals surface area contributed by atoms with Crippen LogP contribution in [0.15, 0.2) is 54.6 Å². The summed E-state index contributed by atoms with van der Waals surface area (Å²) in [5.41, 5.74) is 0.218. The summed E-state index contributed by atoms with van der Waals surface area (Å²) in [5.74, 6) is -0.343. The van der Waals surface area contributed by atoms with Crippen LogP contribution in [0.4, 0.5) is 14.9 Å². The lowest BCUT2D eigenvalue weighted by Crippen LogP contribution is -2.36. The van der Waals surface area contributed by atoms with Gasteiger partial charge in [0.25, 0.3) is 0 Å². The molecule has 0 bridgehead atoms. The largest absolute Gasteiger partial charge is 0.383 e. The molecule has 5 heteroatoms. The second kappa shape index (κ2) is 5.77. The zero-order valence-electron chi connectivity index (χ0n) is 12.0. The summed E-state index contributed by atoms with van der Waals surface area (Å²) in [6, 6.07) is 14.7. The smallest absolute Gasteiger partial charge is 0.321 e. The van der Waals surface area contributed by atoms with Crippen molar-refractivity contribution in [3.05, 3.63) is 66.0 Å². The highest BCUT2D eigenvalue weighted by Crippen LogP contribution is 2.32. The average molecular weight is 300 g/mol. The van der Waals surface area contributed by atoms with Gasteiger partial charge in [-0.15, -0.1) is 0 Å². The van der Waals surface area contributed by atoms with Crippen molar-refractivity contribution in [2.45, 2.75) is 12.0 Å². The SMILES string of the molecule is O=C(Nc1ccccc1)N1CC[C@](O)(c2ccc(F)cc2)C1. The third-order valence-electron chi connectivity index (χ3n) is 3.94. The molecule has 2 aromatic carbocycles. The molecule has 0 aromatic heterocycles. The van der Waals surface area contributed by atoms with Gasteiger partial charge in [0.05, 0.1) is 6.54 Å². The van der Waals surface area contributed by atoms with Crippen LogP contribution in [0.2, 0.25) is 0 Å². The number of nitrogens with one attached hydrogen (secondary N) is 1. The normalized spacial score (nSPS) is 20.9. The van der Waals surface area contributed by atoms with E-state index in [1.54, 1.807) is 29.2 Å². The molecule has 4 nitrogen and oxygen atoms in total. The predicted molar refractivity (Wildman–Crippen MR) is 81.9 cm³/mol. The third-order valence-corrected chi connectivity index (χ3v) is 3.94. The molecule has 2 aromatic rings. The number of anilines is 1. The first-order valence-corrected chi connectivity index (χ1v) is 7.16. The minimum Gasteiger partial charge on any atom is -0.383 e. The lowest BCUT2D eigenvalue weighted by molar-refractivity contribution is 0.0500. The van der Waals surface area contributed by atoms with Crippen LogP contribution in [0.5, 0.6) is 0 Å². The number of para-hydroxylation sites is 1. The minimum atomic E-state index is -1.12. The van der Waals surface area contributed by atoms with Crippen molar-refractivity contribution in [3.8, 4) is 0 Å². The molecule has 114 valence electrons. The molecule has 1 heterocycles. The van der Waals surface area contributed by atoms with Gasteiger partial charge in [-0.1, -0.05) is 30.3 Å². The first-order chi connectivity index (χ1) is 10.6. The summed E-state index contributed by atoms with van der Waals surface area (Å²) in [4.78, 5) is 13.8. The van der Waals surface area contributed by atoms with E-state index in [0.717, 1.165) is 0 Å². The van der Waals surface area contributed by atoms with Gasteiger partial charge >= 0.3 is 6.03 Å². The number of rotatable bonds is 2. The van der Waals surface area contributed by atoms with Crippen LogP contribution in [0, 0.1) is 5.82 Å². The van der Waals surface area contributed by atoms with E-state index in [-0.39, 0.29) is 18.4 Å². The van der Waals surface area contributed by atoms with E-state index in [2.05, 4.69) is 5.32 Å². The lowest BCUT2D eigenvalue weighted by atomic mass is 9.93. The molecule has 0 aliphatic carbocycles. The van der Waals surface area contributed by atoms with Crippen LogP contribution in [0.25, 0.3) is 0 Å². The van der Waals surface area contributed by atoms with Gasteiger partial charge in [-0.3, -0.25) is 0 Å². The fourth-order valence-corrected chi connectivity index (χ4v) is 2.69. The fraction of sp³-hybridized carbons (Fsp3) is 0.235. The molecule has 2 N–H and O–H groups in total. The highest BCUT2D eigenvalue weighted by Gasteiger charge is 2.39. The minimum absolute atomic E-state index is 0.192. The zero-order chi connectivity index (χ0) is 15.6. The van der Waals surface area contributed by atoms with Crippen molar-refractivity contribution in [2.24, 2.45) is 0 Å². The summed E-state index contributed by atoms with van der Waals surface area (Å²) in [6.45, 7) is 0.643. The fourth-order valence-electron chi connectivity index (χ4n) is 2.69. The molecule has 0 saturated carbocycles. The molecule has 0 spiro atoms. The average Bonchev–Trinajstić information content (AvgIpc) is 2.93. The Morgan fingerprint density at radius 1 is 1.14 bits per heavy atom. The number of amides is 2. The third kappa shape index (κ3) is 2.94. The number of carbonyl (C=O) groups is 1. The maximum absolute atomic E-state index is 13.0. The second-order valence-electron chi connectivity index (χ2n) is 5.51. The standard InChI is InChI=1S/C17H17FN2O2/c18-14-8-6-13(7-9-14)17(22)10-11-20(12-17)16(21)19-15-4-2-1-3-5-15/h1-9,22H,10-12H2,(H,19,21)/t17-/m1/s1. The van der Waals surface area contributed by atoms with Gasteiger partial charge in [-0.05, 0) is 36.2 Å². The van der Waals surface area contributed by atoms with Crippen LogP contribution in [0.3, 0.4) is 0 Å². The van der Waals surface area contributed by atoms with Crippen molar-refractivity contribution in [2.75, 3.05) is 18.4 Å². The van der Waals surface area contributed by atoms with Gasteiger partial charge in [-0.2, -0.15) is 0 Å². The van der Waals surface area contributed by atoms with Crippen LogP contribution in [-0.2, 0) is 5.60 Å². The summed E-state index contributed by atoms with van der Waals surface area (Å²) >= 11 is 0. The Balaban J connectivity index is 1.68. The van der Waals surface area contributed by atoms with E-state index in [4.69, 9.17) is 0 Å². The first-order valence-electron chi connectivity index (χ1n) is 7.16. The molecule has 0 unspecified atom stereocenters. The highest BCUT2D eigenvalue weighted by molar-refractivity contribution is 5.89. The number of nitrogens with zero attached hydrogens (tertiary/aromatic N) is 1. The molecule has 0 radical (unpaired) electrons. The van der Waals surface area contributed by atoms with Crippen LogP contribution in [-0.4, -0.2) is 29.1 Å². The lowest BCUT2D eigenvalue weighted by Gasteiger charge is -2.24. The Morgan fingerprint density at radius 3 is 2.50 bits per heavy atom. The zero-order valence-corrected chi connectivity index (χ0v) is 12.0. The van der Waals surface area contributed by atoms with Crippen molar-refractivity contribution in [1.29, 1.82) is 0 Å². The van der Waals surface area contributed by atoms with Crippen molar-refractivity contribution in [3.63, 3.8) is 0 Å². The van der Waals surface area contributed by atoms with Gasteiger partial charge < -0.3 is 15.3 Å². The monoisotopic (exact) mass is 300 g/mol. The first kappa shape index (κ1) is 14.5. The molecule has 1 aliphatic heterocycles. The molecule has 3 rings (SSSR count). The quantitative estimate of drug-likeness (QED) is 0.896. The van der Waals surface area contributed by atoms with E-state index in [1.165, 1.54) is 12.1 Å². The van der Waals surface area contributed by atoms with Crippen LogP contribution < -0.4 is 5.32 Å². The number of β-amino-alcohol motifs (C(OH)–C–C–N with tert-alkyl or cyclic N) is 1.